The molecule has 0 aliphatic carbocycles. The van der Waals surface area contributed by atoms with Crippen molar-refractivity contribution in [3.05, 3.63) is 29.8 Å². The van der Waals surface area contributed by atoms with Crippen LogP contribution >= 0.6 is 0 Å². The Morgan fingerprint density at radius 1 is 1.40 bits per heavy atom. The summed E-state index contributed by atoms with van der Waals surface area (Å²) in [7, 11) is 1.38. The molecule has 0 saturated heterocycles. The first-order chi connectivity index (χ1) is 9.54. The lowest BCUT2D eigenvalue weighted by molar-refractivity contribution is -0.146. The predicted molar refractivity (Wildman–Crippen MR) is 80.8 cm³/mol. The number of ether oxygens (including phenoxy) is 1. The number of hydrogen-bond donors (Lipinski definition) is 1. The first kappa shape index (κ1) is 14.9. The summed E-state index contributed by atoms with van der Waals surface area (Å²) >= 11 is 0. The number of para-hydroxylation sites is 1. The first-order valence-electron chi connectivity index (χ1n) is 7.25. The van der Waals surface area contributed by atoms with Gasteiger partial charge < -0.3 is 15.4 Å². The van der Waals surface area contributed by atoms with E-state index in [-0.39, 0.29) is 5.97 Å². The minimum Gasteiger partial charge on any atom is -0.468 e. The van der Waals surface area contributed by atoms with Crippen LogP contribution in [0.25, 0.3) is 0 Å². The van der Waals surface area contributed by atoms with Crippen molar-refractivity contribution in [3.63, 3.8) is 0 Å². The number of hydrogen-bond acceptors (Lipinski definition) is 4. The van der Waals surface area contributed by atoms with Crippen LogP contribution in [-0.4, -0.2) is 31.7 Å². The first-order valence-corrected chi connectivity index (χ1v) is 7.25. The van der Waals surface area contributed by atoms with Crippen LogP contribution in [0.3, 0.4) is 0 Å². The Bertz CT molecular complexity index is 471. The van der Waals surface area contributed by atoms with Gasteiger partial charge in [-0.2, -0.15) is 0 Å². The lowest BCUT2D eigenvalue weighted by Gasteiger charge is -2.29. The summed E-state index contributed by atoms with van der Waals surface area (Å²) in [6.45, 7) is 3.54. The normalized spacial score (nSPS) is 17.9. The molecule has 1 aliphatic rings. The van der Waals surface area contributed by atoms with Gasteiger partial charge >= 0.3 is 5.97 Å². The number of nitrogens with zero attached hydrogens (tertiary/aromatic N) is 1. The Morgan fingerprint density at radius 3 is 2.90 bits per heavy atom. The van der Waals surface area contributed by atoms with Gasteiger partial charge in [-0.25, -0.2) is 0 Å². The molecule has 1 atom stereocenters. The number of benzene rings is 1. The second-order valence-corrected chi connectivity index (χ2v) is 5.73. The number of aryl methyl sites for hydroxylation is 1. The van der Waals surface area contributed by atoms with Gasteiger partial charge in [-0.15, -0.1) is 0 Å². The molecule has 1 aromatic carbocycles. The quantitative estimate of drug-likeness (QED) is 0.856. The fourth-order valence-corrected chi connectivity index (χ4v) is 2.70. The molecule has 20 heavy (non-hydrogen) atoms. The van der Waals surface area contributed by atoms with Crippen LogP contribution in [0.2, 0.25) is 0 Å². The molecule has 0 radical (unpaired) electrons. The molecule has 1 unspecified atom stereocenters. The molecule has 1 heterocycles. The van der Waals surface area contributed by atoms with E-state index < -0.39 is 5.54 Å². The zero-order chi connectivity index (χ0) is 14.6. The van der Waals surface area contributed by atoms with E-state index in [1.807, 2.05) is 0 Å². The Balaban J connectivity index is 2.08. The van der Waals surface area contributed by atoms with E-state index in [0.29, 0.717) is 6.42 Å². The largest absolute Gasteiger partial charge is 0.468 e. The summed E-state index contributed by atoms with van der Waals surface area (Å²) in [5.74, 6) is -0.347. The average molecular weight is 276 g/mol. The van der Waals surface area contributed by atoms with Crippen LogP contribution in [0.4, 0.5) is 5.69 Å². The molecule has 0 bridgehead atoms. The van der Waals surface area contributed by atoms with E-state index in [0.717, 1.165) is 19.5 Å². The molecule has 0 amide bonds. The molecule has 1 aromatic rings. The maximum absolute atomic E-state index is 11.7. The van der Waals surface area contributed by atoms with Crippen molar-refractivity contribution in [2.24, 2.45) is 5.73 Å². The minimum absolute atomic E-state index is 0.347. The molecule has 110 valence electrons. The molecule has 4 nitrogen and oxygen atoms in total. The lowest BCUT2D eigenvalue weighted by Crippen LogP contribution is -2.48. The standard InChI is InChI=1S/C16H24N2O2/c1-16(17,15(19)20-2)10-12-18-11-6-5-8-13-7-3-4-9-14(13)18/h3-4,7,9H,5-6,8,10-12,17H2,1-2H3. The third-order valence-corrected chi connectivity index (χ3v) is 4.01. The number of anilines is 1. The van der Waals surface area contributed by atoms with Crippen molar-refractivity contribution in [3.8, 4) is 0 Å². The van der Waals surface area contributed by atoms with Crippen LogP contribution in [0.5, 0.6) is 0 Å². The second kappa shape index (κ2) is 6.27. The number of carbonyl (C=O) groups is 1. The van der Waals surface area contributed by atoms with E-state index in [1.165, 1.54) is 31.2 Å². The highest BCUT2D eigenvalue weighted by atomic mass is 16.5. The maximum atomic E-state index is 11.7. The number of fused-ring (bicyclic) bond motifs is 1. The number of nitrogens with two attached hydrogens (primary N) is 1. The smallest absolute Gasteiger partial charge is 0.325 e. The van der Waals surface area contributed by atoms with Crippen molar-refractivity contribution in [2.45, 2.75) is 38.1 Å². The summed E-state index contributed by atoms with van der Waals surface area (Å²) in [6.07, 6.45) is 4.11. The molecule has 0 spiro atoms. The third kappa shape index (κ3) is 3.31. The van der Waals surface area contributed by atoms with Gasteiger partial charge in [-0.05, 0) is 44.2 Å². The van der Waals surface area contributed by atoms with E-state index in [4.69, 9.17) is 10.5 Å². The number of methoxy groups -OCH3 is 1. The highest BCUT2D eigenvalue weighted by Crippen LogP contribution is 2.26. The summed E-state index contributed by atoms with van der Waals surface area (Å²) in [6, 6.07) is 8.51. The van der Waals surface area contributed by atoms with E-state index in [1.54, 1.807) is 6.92 Å². The zero-order valence-corrected chi connectivity index (χ0v) is 12.4. The van der Waals surface area contributed by atoms with E-state index in [2.05, 4.69) is 29.2 Å². The molecule has 2 N–H and O–H groups in total. The van der Waals surface area contributed by atoms with Gasteiger partial charge in [0, 0.05) is 18.8 Å². The number of esters is 1. The van der Waals surface area contributed by atoms with Gasteiger partial charge in [0.2, 0.25) is 0 Å². The Kier molecular flexibility index (Phi) is 4.65. The molecule has 0 aromatic heterocycles. The number of carbonyl (C=O) groups excluding carboxylic acids is 1. The SMILES string of the molecule is COC(=O)C(C)(N)CCN1CCCCc2ccccc21. The van der Waals surface area contributed by atoms with Crippen molar-refractivity contribution in [2.75, 3.05) is 25.1 Å². The van der Waals surface area contributed by atoms with Crippen molar-refractivity contribution < 1.29 is 9.53 Å². The van der Waals surface area contributed by atoms with Crippen LogP contribution in [0, 0.1) is 0 Å². The Labute approximate surface area is 120 Å². The molecule has 0 saturated carbocycles. The van der Waals surface area contributed by atoms with Crippen LogP contribution in [-0.2, 0) is 16.0 Å². The molecule has 2 rings (SSSR count). The summed E-state index contributed by atoms with van der Waals surface area (Å²) in [5, 5.41) is 0. The van der Waals surface area contributed by atoms with Gasteiger partial charge in [-0.1, -0.05) is 18.2 Å². The number of rotatable bonds is 4. The van der Waals surface area contributed by atoms with Crippen molar-refractivity contribution in [1.29, 1.82) is 0 Å². The fraction of sp³-hybridized carbons (Fsp3) is 0.562. The zero-order valence-electron chi connectivity index (χ0n) is 12.4. The van der Waals surface area contributed by atoms with Crippen LogP contribution < -0.4 is 10.6 Å². The highest BCUT2D eigenvalue weighted by molar-refractivity contribution is 5.79. The van der Waals surface area contributed by atoms with Gasteiger partial charge in [0.15, 0.2) is 0 Å². The highest BCUT2D eigenvalue weighted by Gasteiger charge is 2.30. The van der Waals surface area contributed by atoms with Gasteiger partial charge in [0.25, 0.3) is 0 Å². The van der Waals surface area contributed by atoms with Crippen LogP contribution in [0.1, 0.15) is 31.7 Å². The predicted octanol–water partition coefficient (Wildman–Crippen LogP) is 2.11. The van der Waals surface area contributed by atoms with E-state index >= 15 is 0 Å². The molecule has 4 heteroatoms. The fourth-order valence-electron chi connectivity index (χ4n) is 2.70. The minimum atomic E-state index is -0.921. The summed E-state index contributed by atoms with van der Waals surface area (Å²) < 4.78 is 4.77. The van der Waals surface area contributed by atoms with E-state index in [9.17, 15) is 4.79 Å². The van der Waals surface area contributed by atoms with Crippen LogP contribution in [0.15, 0.2) is 24.3 Å². The van der Waals surface area contributed by atoms with Gasteiger partial charge in [0.05, 0.1) is 7.11 Å². The van der Waals surface area contributed by atoms with Gasteiger partial charge in [0.1, 0.15) is 5.54 Å². The third-order valence-electron chi connectivity index (χ3n) is 4.01. The monoisotopic (exact) mass is 276 g/mol. The average Bonchev–Trinajstić information content (AvgIpc) is 2.66. The molecular formula is C16H24N2O2. The Morgan fingerprint density at radius 2 is 2.15 bits per heavy atom. The Hall–Kier alpha value is -1.55. The molecule has 0 fully saturated rings. The lowest BCUT2D eigenvalue weighted by atomic mass is 9.99. The topological polar surface area (TPSA) is 55.6 Å². The molecular weight excluding hydrogens is 252 g/mol. The summed E-state index contributed by atoms with van der Waals surface area (Å²) in [5.41, 5.74) is 7.80. The van der Waals surface area contributed by atoms with Crippen molar-refractivity contribution in [1.82, 2.24) is 0 Å². The molecule has 1 aliphatic heterocycles. The maximum Gasteiger partial charge on any atom is 0.325 e. The van der Waals surface area contributed by atoms with Crippen molar-refractivity contribution >= 4 is 11.7 Å². The second-order valence-electron chi connectivity index (χ2n) is 5.73. The van der Waals surface area contributed by atoms with Gasteiger partial charge in [-0.3, -0.25) is 4.79 Å². The summed E-state index contributed by atoms with van der Waals surface area (Å²) in [4.78, 5) is 14.0.